The molecule has 166 valence electrons. The number of amides is 2. The lowest BCUT2D eigenvalue weighted by Gasteiger charge is -2.10. The molecule has 1 heterocycles. The lowest BCUT2D eigenvalue weighted by atomic mass is 10.2. The van der Waals surface area contributed by atoms with E-state index in [1.807, 2.05) is 54.6 Å². The highest BCUT2D eigenvalue weighted by atomic mass is 16.5. The van der Waals surface area contributed by atoms with Crippen molar-refractivity contribution in [2.45, 2.75) is 6.54 Å². The number of nitrogens with one attached hydrogen (secondary N) is 3. The summed E-state index contributed by atoms with van der Waals surface area (Å²) >= 11 is 0. The number of carbonyl (C=O) groups is 2. The van der Waals surface area contributed by atoms with Crippen LogP contribution in [-0.2, 0) is 11.3 Å². The Bertz CT molecular complexity index is 1190. The number of hydrogen-bond donors (Lipinski definition) is 3. The Balaban J connectivity index is 1.25. The second kappa shape index (κ2) is 10.7. The number of rotatable bonds is 9. The van der Waals surface area contributed by atoms with Crippen LogP contribution in [-0.4, -0.2) is 18.4 Å². The van der Waals surface area contributed by atoms with Crippen molar-refractivity contribution in [1.82, 2.24) is 5.32 Å². The molecule has 4 rings (SSSR count). The summed E-state index contributed by atoms with van der Waals surface area (Å²) in [6.45, 7) is 0.370. The molecule has 0 bridgehead atoms. The second-order valence-corrected chi connectivity index (χ2v) is 7.18. The number of furan rings is 1. The van der Waals surface area contributed by atoms with Crippen LogP contribution in [0.4, 0.5) is 11.4 Å². The van der Waals surface area contributed by atoms with E-state index in [9.17, 15) is 9.59 Å². The van der Waals surface area contributed by atoms with Crippen molar-refractivity contribution in [3.05, 3.63) is 109 Å². The first kappa shape index (κ1) is 21.7. The summed E-state index contributed by atoms with van der Waals surface area (Å²) in [5.41, 5.74) is 1.77. The van der Waals surface area contributed by atoms with Crippen LogP contribution >= 0.6 is 0 Å². The Morgan fingerprint density at radius 2 is 1.58 bits per heavy atom. The average molecular weight is 441 g/mol. The largest absolute Gasteiger partial charge is 0.467 e. The van der Waals surface area contributed by atoms with E-state index in [0.29, 0.717) is 29.3 Å². The van der Waals surface area contributed by atoms with Gasteiger partial charge in [-0.25, -0.2) is 0 Å². The van der Waals surface area contributed by atoms with Gasteiger partial charge < -0.3 is 25.1 Å². The summed E-state index contributed by atoms with van der Waals surface area (Å²) in [6.07, 6.45) is 1.55. The Hall–Kier alpha value is -4.52. The zero-order chi connectivity index (χ0) is 22.9. The summed E-state index contributed by atoms with van der Waals surface area (Å²) in [4.78, 5) is 24.7. The minimum atomic E-state index is -0.251. The average Bonchev–Trinajstić information content (AvgIpc) is 3.37. The molecule has 0 saturated heterocycles. The fraction of sp³-hybridized carbons (Fsp3) is 0.0769. The van der Waals surface area contributed by atoms with Gasteiger partial charge in [0.1, 0.15) is 17.3 Å². The van der Waals surface area contributed by atoms with Gasteiger partial charge in [-0.1, -0.05) is 24.3 Å². The van der Waals surface area contributed by atoms with Crippen molar-refractivity contribution in [3.63, 3.8) is 0 Å². The van der Waals surface area contributed by atoms with Crippen molar-refractivity contribution in [3.8, 4) is 11.5 Å². The predicted octanol–water partition coefficient (Wildman–Crippen LogP) is 5.05. The molecule has 7 nitrogen and oxygen atoms in total. The molecule has 0 aliphatic heterocycles. The topological polar surface area (TPSA) is 92.6 Å². The molecule has 1 aromatic heterocycles. The van der Waals surface area contributed by atoms with E-state index in [1.165, 1.54) is 0 Å². The quantitative estimate of drug-likeness (QED) is 0.338. The molecular formula is C26H23N3O4. The molecule has 4 aromatic rings. The maximum absolute atomic E-state index is 12.3. The lowest BCUT2D eigenvalue weighted by molar-refractivity contribution is -0.114. The number of benzene rings is 3. The van der Waals surface area contributed by atoms with Gasteiger partial charge >= 0.3 is 0 Å². The van der Waals surface area contributed by atoms with Crippen LogP contribution in [0.5, 0.6) is 11.5 Å². The zero-order valence-electron chi connectivity index (χ0n) is 17.8. The van der Waals surface area contributed by atoms with Gasteiger partial charge in [0.05, 0.1) is 19.4 Å². The Labute approximate surface area is 191 Å². The highest BCUT2D eigenvalue weighted by molar-refractivity contribution is 5.98. The minimum Gasteiger partial charge on any atom is -0.467 e. The standard InChI is InChI=1S/C26H23N3O4/c30-25(18-27-20-11-13-23(14-12-20)33-22-8-2-1-3-9-22)29-21-7-4-6-19(16-21)26(31)28-17-24-10-5-15-32-24/h1-16,27H,17-18H2,(H,28,31)(H,29,30). The van der Waals surface area contributed by atoms with Gasteiger partial charge in [-0.3, -0.25) is 9.59 Å². The molecule has 0 spiro atoms. The Morgan fingerprint density at radius 1 is 0.788 bits per heavy atom. The molecular weight excluding hydrogens is 418 g/mol. The molecule has 0 aliphatic rings. The molecule has 3 aromatic carbocycles. The fourth-order valence-corrected chi connectivity index (χ4v) is 3.07. The van der Waals surface area contributed by atoms with Crippen LogP contribution in [0, 0.1) is 0 Å². The van der Waals surface area contributed by atoms with Crippen LogP contribution < -0.4 is 20.7 Å². The van der Waals surface area contributed by atoms with Crippen LogP contribution in [0.25, 0.3) is 0 Å². The minimum absolute atomic E-state index is 0.0772. The normalized spacial score (nSPS) is 10.3. The molecule has 0 atom stereocenters. The van der Waals surface area contributed by atoms with Gasteiger partial charge in [-0.2, -0.15) is 0 Å². The molecule has 3 N–H and O–H groups in total. The molecule has 33 heavy (non-hydrogen) atoms. The van der Waals surface area contributed by atoms with E-state index in [4.69, 9.17) is 9.15 Å². The van der Waals surface area contributed by atoms with Crippen molar-refractivity contribution in [2.24, 2.45) is 0 Å². The van der Waals surface area contributed by atoms with Crippen LogP contribution in [0.1, 0.15) is 16.1 Å². The van der Waals surface area contributed by atoms with Crippen LogP contribution in [0.2, 0.25) is 0 Å². The molecule has 0 saturated carbocycles. The highest BCUT2D eigenvalue weighted by Gasteiger charge is 2.09. The number of carbonyl (C=O) groups excluding carboxylic acids is 2. The van der Waals surface area contributed by atoms with E-state index in [0.717, 1.165) is 11.4 Å². The van der Waals surface area contributed by atoms with Gasteiger partial charge in [-0.05, 0) is 66.7 Å². The number of para-hydroxylation sites is 1. The maximum atomic E-state index is 12.3. The summed E-state index contributed by atoms with van der Waals surface area (Å²) in [7, 11) is 0. The first-order valence-corrected chi connectivity index (χ1v) is 10.4. The third-order valence-corrected chi connectivity index (χ3v) is 4.70. The third-order valence-electron chi connectivity index (χ3n) is 4.70. The van der Waals surface area contributed by atoms with Crippen LogP contribution in [0.15, 0.2) is 102 Å². The van der Waals surface area contributed by atoms with Gasteiger partial charge in [0.2, 0.25) is 5.91 Å². The lowest BCUT2D eigenvalue weighted by Crippen LogP contribution is -2.24. The number of anilines is 2. The predicted molar refractivity (Wildman–Crippen MR) is 126 cm³/mol. The molecule has 0 aliphatic carbocycles. The molecule has 0 unspecified atom stereocenters. The van der Waals surface area contributed by atoms with Crippen molar-refractivity contribution < 1.29 is 18.7 Å². The molecule has 0 fully saturated rings. The SMILES string of the molecule is O=C(CNc1ccc(Oc2ccccc2)cc1)Nc1cccc(C(=O)NCc2ccco2)c1. The second-order valence-electron chi connectivity index (χ2n) is 7.18. The van der Waals surface area contributed by atoms with Gasteiger partial charge in [0, 0.05) is 16.9 Å². The van der Waals surface area contributed by atoms with E-state index in [2.05, 4.69) is 16.0 Å². The summed E-state index contributed by atoms with van der Waals surface area (Å²) in [5, 5.41) is 8.65. The van der Waals surface area contributed by atoms with Gasteiger partial charge in [-0.15, -0.1) is 0 Å². The molecule has 7 heteroatoms. The number of ether oxygens (including phenoxy) is 1. The first-order chi connectivity index (χ1) is 16.2. The highest BCUT2D eigenvalue weighted by Crippen LogP contribution is 2.22. The summed E-state index contributed by atoms with van der Waals surface area (Å²) in [6, 6.07) is 27.2. The monoisotopic (exact) mass is 441 g/mol. The van der Waals surface area contributed by atoms with E-state index < -0.39 is 0 Å². The van der Waals surface area contributed by atoms with Crippen LogP contribution in [0.3, 0.4) is 0 Å². The Morgan fingerprint density at radius 3 is 2.33 bits per heavy atom. The maximum Gasteiger partial charge on any atom is 0.251 e. The van der Waals surface area contributed by atoms with Crippen molar-refractivity contribution >= 4 is 23.2 Å². The summed E-state index contributed by atoms with van der Waals surface area (Å²) < 4.78 is 11.0. The number of hydrogen-bond acceptors (Lipinski definition) is 5. The van der Waals surface area contributed by atoms with Crippen molar-refractivity contribution in [1.29, 1.82) is 0 Å². The van der Waals surface area contributed by atoms with Gasteiger partial charge in [0.25, 0.3) is 5.91 Å². The van der Waals surface area contributed by atoms with Crippen molar-refractivity contribution in [2.75, 3.05) is 17.2 Å². The fourth-order valence-electron chi connectivity index (χ4n) is 3.07. The first-order valence-electron chi connectivity index (χ1n) is 10.4. The Kier molecular flexibility index (Phi) is 7.02. The molecule has 2 amide bonds. The van der Waals surface area contributed by atoms with Gasteiger partial charge in [0.15, 0.2) is 0 Å². The molecule has 0 radical (unpaired) electrons. The van der Waals surface area contributed by atoms with E-state index >= 15 is 0 Å². The zero-order valence-corrected chi connectivity index (χ0v) is 17.8. The smallest absolute Gasteiger partial charge is 0.251 e. The van der Waals surface area contributed by atoms with E-state index in [-0.39, 0.29) is 18.4 Å². The summed E-state index contributed by atoms with van der Waals surface area (Å²) in [5.74, 6) is 1.65. The van der Waals surface area contributed by atoms with E-state index in [1.54, 1.807) is 42.7 Å². The third kappa shape index (κ3) is 6.48.